The number of aliphatic hydroxyl groups excluding tert-OH is 1. The maximum absolute atomic E-state index is 14.0. The summed E-state index contributed by atoms with van der Waals surface area (Å²) in [6.07, 6.45) is -4.50. The van der Waals surface area contributed by atoms with Crippen LogP contribution < -0.4 is 0 Å². The number of nitrogens with zero attached hydrogens (tertiary/aromatic N) is 4. The first-order valence-corrected chi connectivity index (χ1v) is 6.34. The molecule has 0 aliphatic rings. The number of alkyl halides is 3. The zero-order valence-corrected chi connectivity index (χ0v) is 11.6. The number of aromatic nitrogens is 3. The Bertz CT molecular complexity index is 615. The molecule has 120 valence electrons. The van der Waals surface area contributed by atoms with Crippen molar-refractivity contribution in [2.75, 3.05) is 13.6 Å². The number of hydrogen-bond donors (Lipinski definition) is 1. The van der Waals surface area contributed by atoms with E-state index in [4.69, 9.17) is 5.11 Å². The lowest BCUT2D eigenvalue weighted by Crippen LogP contribution is -2.39. The summed E-state index contributed by atoms with van der Waals surface area (Å²) in [5.74, 6) is -0.562. The van der Waals surface area contributed by atoms with Gasteiger partial charge >= 0.3 is 6.18 Å². The maximum atomic E-state index is 14.0. The third kappa shape index (κ3) is 4.01. The number of aliphatic hydroxyl groups is 1. The van der Waals surface area contributed by atoms with Gasteiger partial charge in [-0.2, -0.15) is 18.3 Å². The van der Waals surface area contributed by atoms with Gasteiger partial charge in [0, 0.05) is 13.1 Å². The number of likely N-dealkylation sites (N-methyl/N-ethyl adjacent to an activating group) is 1. The van der Waals surface area contributed by atoms with Crippen LogP contribution in [0.25, 0.3) is 5.69 Å². The summed E-state index contributed by atoms with van der Waals surface area (Å²) in [6, 6.07) is 4.26. The minimum atomic E-state index is -4.67. The van der Waals surface area contributed by atoms with Gasteiger partial charge in [-0.05, 0) is 24.7 Å². The first-order valence-electron chi connectivity index (χ1n) is 6.34. The Balaban J connectivity index is 2.03. The second kappa shape index (κ2) is 6.41. The number of benzene rings is 1. The van der Waals surface area contributed by atoms with E-state index in [0.29, 0.717) is 5.56 Å². The molecule has 0 saturated carbocycles. The Morgan fingerprint density at radius 3 is 2.64 bits per heavy atom. The van der Waals surface area contributed by atoms with E-state index in [-0.39, 0.29) is 12.2 Å². The molecule has 5 nitrogen and oxygen atoms in total. The summed E-state index contributed by atoms with van der Waals surface area (Å²) < 4.78 is 52.0. The van der Waals surface area contributed by atoms with Gasteiger partial charge in [-0.25, -0.2) is 14.1 Å². The molecule has 1 aromatic carbocycles. The van der Waals surface area contributed by atoms with Gasteiger partial charge < -0.3 is 5.11 Å². The molecule has 1 unspecified atom stereocenters. The monoisotopic (exact) mass is 318 g/mol. The van der Waals surface area contributed by atoms with Crippen molar-refractivity contribution in [1.82, 2.24) is 19.7 Å². The van der Waals surface area contributed by atoms with Crippen molar-refractivity contribution in [3.8, 4) is 5.69 Å². The highest BCUT2D eigenvalue weighted by Crippen LogP contribution is 2.21. The van der Waals surface area contributed by atoms with E-state index >= 15 is 0 Å². The van der Waals surface area contributed by atoms with Crippen molar-refractivity contribution in [1.29, 1.82) is 0 Å². The van der Waals surface area contributed by atoms with Crippen LogP contribution in [0, 0.1) is 5.82 Å². The summed E-state index contributed by atoms with van der Waals surface area (Å²) in [5, 5.41) is 12.8. The smallest absolute Gasteiger partial charge is 0.382 e. The Labute approximate surface area is 123 Å². The lowest BCUT2D eigenvalue weighted by atomic mass is 10.2. The molecule has 2 aromatic rings. The largest absolute Gasteiger partial charge is 0.415 e. The van der Waals surface area contributed by atoms with Crippen molar-refractivity contribution in [3.63, 3.8) is 0 Å². The van der Waals surface area contributed by atoms with E-state index < -0.39 is 24.6 Å². The van der Waals surface area contributed by atoms with Crippen molar-refractivity contribution < 1.29 is 22.7 Å². The van der Waals surface area contributed by atoms with Gasteiger partial charge in [0.15, 0.2) is 6.10 Å². The summed E-state index contributed by atoms with van der Waals surface area (Å²) in [6.45, 7) is -0.516. The van der Waals surface area contributed by atoms with E-state index in [1.165, 1.54) is 41.4 Å². The van der Waals surface area contributed by atoms with Gasteiger partial charge in [0.05, 0.1) is 0 Å². The quantitative estimate of drug-likeness (QED) is 0.854. The van der Waals surface area contributed by atoms with Crippen LogP contribution in [-0.4, -0.2) is 50.6 Å². The molecule has 1 N–H and O–H groups in total. The van der Waals surface area contributed by atoms with Crippen molar-refractivity contribution >= 4 is 0 Å². The SMILES string of the molecule is CN(Cc1ccc(-n2cncn2)c(F)c1)CC(O)C(F)(F)F. The summed E-state index contributed by atoms with van der Waals surface area (Å²) in [5.41, 5.74) is 0.678. The maximum Gasteiger partial charge on any atom is 0.415 e. The van der Waals surface area contributed by atoms with Gasteiger partial charge in [-0.15, -0.1) is 0 Å². The van der Waals surface area contributed by atoms with Crippen LogP contribution in [0.15, 0.2) is 30.9 Å². The van der Waals surface area contributed by atoms with E-state index in [1.807, 2.05) is 0 Å². The second-order valence-corrected chi connectivity index (χ2v) is 4.88. The fourth-order valence-electron chi connectivity index (χ4n) is 1.94. The standard InChI is InChI=1S/C13H14F4N4O/c1-20(6-12(22)13(15,16)17)5-9-2-3-11(10(14)4-9)21-8-18-7-19-21/h2-4,7-8,12,22H,5-6H2,1H3. The van der Waals surface area contributed by atoms with Crippen LogP contribution >= 0.6 is 0 Å². The predicted octanol–water partition coefficient (Wildman–Crippen LogP) is 1.76. The average Bonchev–Trinajstić information content (AvgIpc) is 2.91. The molecule has 9 heteroatoms. The van der Waals surface area contributed by atoms with Gasteiger partial charge in [0.25, 0.3) is 0 Å². The lowest BCUT2D eigenvalue weighted by Gasteiger charge is -2.22. The fraction of sp³-hybridized carbons (Fsp3) is 0.385. The Hall–Kier alpha value is -2.00. The van der Waals surface area contributed by atoms with Crippen molar-refractivity contribution in [2.45, 2.75) is 18.8 Å². The zero-order chi connectivity index (χ0) is 16.3. The Morgan fingerprint density at radius 2 is 2.09 bits per heavy atom. The van der Waals surface area contributed by atoms with E-state index in [1.54, 1.807) is 6.07 Å². The molecule has 0 aliphatic carbocycles. The minimum absolute atomic E-state index is 0.0711. The lowest BCUT2D eigenvalue weighted by molar-refractivity contribution is -0.207. The molecule has 0 bridgehead atoms. The molecule has 0 radical (unpaired) electrons. The molecule has 2 rings (SSSR count). The van der Waals surface area contributed by atoms with E-state index in [9.17, 15) is 17.6 Å². The molecule has 0 fully saturated rings. The minimum Gasteiger partial charge on any atom is -0.382 e. The van der Waals surface area contributed by atoms with Crippen LogP contribution in [0.4, 0.5) is 17.6 Å². The summed E-state index contributed by atoms with van der Waals surface area (Å²) in [7, 11) is 1.41. The van der Waals surface area contributed by atoms with Crippen LogP contribution in [0.5, 0.6) is 0 Å². The molecule has 22 heavy (non-hydrogen) atoms. The Morgan fingerprint density at radius 1 is 1.36 bits per heavy atom. The molecule has 1 heterocycles. The number of rotatable bonds is 5. The molecule has 0 saturated heterocycles. The first kappa shape index (κ1) is 16.4. The third-order valence-electron chi connectivity index (χ3n) is 2.99. The van der Waals surface area contributed by atoms with Crippen LogP contribution in [0.3, 0.4) is 0 Å². The topological polar surface area (TPSA) is 54.2 Å². The summed E-state index contributed by atoms with van der Waals surface area (Å²) in [4.78, 5) is 4.97. The molecular weight excluding hydrogens is 304 g/mol. The van der Waals surface area contributed by atoms with Crippen molar-refractivity contribution in [2.24, 2.45) is 0 Å². The van der Waals surface area contributed by atoms with E-state index in [2.05, 4.69) is 10.1 Å². The van der Waals surface area contributed by atoms with Gasteiger partial charge in [0.2, 0.25) is 0 Å². The average molecular weight is 318 g/mol. The normalized spacial score (nSPS) is 13.6. The van der Waals surface area contributed by atoms with Gasteiger partial charge in [-0.3, -0.25) is 4.90 Å². The molecule has 1 aromatic heterocycles. The van der Waals surface area contributed by atoms with Gasteiger partial charge in [0.1, 0.15) is 24.2 Å². The number of halogens is 4. The van der Waals surface area contributed by atoms with Crippen LogP contribution in [0.1, 0.15) is 5.56 Å². The van der Waals surface area contributed by atoms with Crippen LogP contribution in [-0.2, 0) is 6.54 Å². The highest BCUT2D eigenvalue weighted by molar-refractivity contribution is 5.35. The van der Waals surface area contributed by atoms with Gasteiger partial charge in [-0.1, -0.05) is 6.07 Å². The zero-order valence-electron chi connectivity index (χ0n) is 11.6. The second-order valence-electron chi connectivity index (χ2n) is 4.88. The summed E-state index contributed by atoms with van der Waals surface area (Å²) >= 11 is 0. The number of hydrogen-bond acceptors (Lipinski definition) is 4. The first-order chi connectivity index (χ1) is 10.3. The fourth-order valence-corrected chi connectivity index (χ4v) is 1.94. The highest BCUT2D eigenvalue weighted by atomic mass is 19.4. The van der Waals surface area contributed by atoms with Crippen molar-refractivity contribution in [3.05, 3.63) is 42.2 Å². The molecular formula is C13H14F4N4O. The molecule has 0 aliphatic heterocycles. The Kier molecular flexibility index (Phi) is 4.77. The molecule has 0 spiro atoms. The highest BCUT2D eigenvalue weighted by Gasteiger charge is 2.38. The molecule has 1 atom stereocenters. The van der Waals surface area contributed by atoms with Crippen LogP contribution in [0.2, 0.25) is 0 Å². The third-order valence-corrected chi connectivity index (χ3v) is 2.99. The predicted molar refractivity (Wildman–Crippen MR) is 69.7 cm³/mol. The molecule has 0 amide bonds. The van der Waals surface area contributed by atoms with E-state index in [0.717, 1.165) is 0 Å².